The number of carbonyl (C=O) groups is 3. The number of ether oxygens (including phenoxy) is 2. The molecule has 1 spiro atoms. The van der Waals surface area contributed by atoms with Crippen molar-refractivity contribution in [2.24, 2.45) is 17.8 Å². The zero-order valence-electron chi connectivity index (χ0n) is 22.2. The molecule has 1 aromatic rings. The van der Waals surface area contributed by atoms with Crippen LogP contribution in [-0.2, 0) is 19.1 Å². The average molecular weight is 510 g/mol. The number of hydrogen-bond donors (Lipinski definition) is 2. The van der Waals surface area contributed by atoms with Crippen LogP contribution in [0.15, 0.2) is 36.4 Å². The second kappa shape index (κ2) is 10.1. The Labute approximate surface area is 219 Å². The topological polar surface area (TPSA) is 97.0 Å². The van der Waals surface area contributed by atoms with E-state index in [1.165, 1.54) is 6.42 Å². The van der Waals surface area contributed by atoms with Crippen LogP contribution in [0.25, 0.3) is 0 Å². The number of amides is 3. The Kier molecular flexibility index (Phi) is 7.05. The first-order valence-corrected chi connectivity index (χ1v) is 13.8. The van der Waals surface area contributed by atoms with Gasteiger partial charge in [0.25, 0.3) is 0 Å². The molecule has 200 valence electrons. The molecule has 5 rings (SSSR count). The van der Waals surface area contributed by atoms with Gasteiger partial charge in [0.2, 0.25) is 17.7 Å². The van der Waals surface area contributed by atoms with Crippen LogP contribution < -0.4 is 15.4 Å². The lowest BCUT2D eigenvalue weighted by Crippen LogP contribution is -2.58. The van der Waals surface area contributed by atoms with Crippen molar-refractivity contribution < 1.29 is 23.9 Å². The molecule has 0 aromatic heterocycles. The Bertz CT molecular complexity index is 1070. The minimum atomic E-state index is -1.13. The van der Waals surface area contributed by atoms with Gasteiger partial charge >= 0.3 is 0 Å². The molecule has 2 saturated heterocycles. The van der Waals surface area contributed by atoms with Gasteiger partial charge in [-0.3, -0.25) is 14.4 Å². The smallest absolute Gasteiger partial charge is 0.246 e. The molecule has 0 radical (unpaired) electrons. The van der Waals surface area contributed by atoms with E-state index in [0.717, 1.165) is 25.0 Å². The molecule has 8 unspecified atom stereocenters. The molecular weight excluding hydrogens is 470 g/mol. The zero-order chi connectivity index (χ0) is 26.3. The van der Waals surface area contributed by atoms with E-state index >= 15 is 0 Å². The summed E-state index contributed by atoms with van der Waals surface area (Å²) in [6, 6.07) is 6.31. The van der Waals surface area contributed by atoms with Gasteiger partial charge in [0, 0.05) is 17.8 Å². The molecule has 1 aromatic carbocycles. The lowest BCUT2D eigenvalue weighted by Gasteiger charge is -2.37. The number of anilines is 1. The monoisotopic (exact) mass is 509 g/mol. The third kappa shape index (κ3) is 4.33. The van der Waals surface area contributed by atoms with Crippen LogP contribution in [0.5, 0.6) is 5.75 Å². The fourth-order valence-electron chi connectivity index (χ4n) is 6.70. The lowest BCUT2D eigenvalue weighted by atomic mass is 9.74. The number of nitrogens with zero attached hydrogens (tertiary/aromatic N) is 1. The number of benzene rings is 1. The lowest BCUT2D eigenvalue weighted by molar-refractivity contribution is -0.143. The minimum Gasteiger partial charge on any atom is -0.494 e. The number of fused-ring (bicyclic) bond motifs is 1. The van der Waals surface area contributed by atoms with Gasteiger partial charge in [0.15, 0.2) is 0 Å². The highest BCUT2D eigenvalue weighted by molar-refractivity contribution is 6.03. The van der Waals surface area contributed by atoms with Crippen molar-refractivity contribution in [3.63, 3.8) is 0 Å². The largest absolute Gasteiger partial charge is 0.494 e. The van der Waals surface area contributed by atoms with Gasteiger partial charge in [-0.1, -0.05) is 38.8 Å². The van der Waals surface area contributed by atoms with Crippen molar-refractivity contribution in [3.05, 3.63) is 36.4 Å². The highest BCUT2D eigenvalue weighted by atomic mass is 16.5. The number of carbonyl (C=O) groups excluding carboxylic acids is 3. The first-order chi connectivity index (χ1) is 17.8. The Morgan fingerprint density at radius 1 is 1.16 bits per heavy atom. The molecule has 2 N–H and O–H groups in total. The highest BCUT2D eigenvalue weighted by Gasteiger charge is 2.73. The summed E-state index contributed by atoms with van der Waals surface area (Å²) >= 11 is 0. The summed E-state index contributed by atoms with van der Waals surface area (Å²) in [5, 5.41) is 6.23. The Morgan fingerprint density at radius 3 is 2.57 bits per heavy atom. The maximum Gasteiger partial charge on any atom is 0.246 e. The van der Waals surface area contributed by atoms with E-state index in [1.54, 1.807) is 29.2 Å². The second-order valence-electron chi connectivity index (χ2n) is 11.0. The molecule has 1 saturated carbocycles. The molecule has 8 heteroatoms. The summed E-state index contributed by atoms with van der Waals surface area (Å²) in [6.45, 7) is 8.62. The molecule has 3 heterocycles. The van der Waals surface area contributed by atoms with Crippen molar-refractivity contribution in [1.29, 1.82) is 0 Å². The van der Waals surface area contributed by atoms with Crippen LogP contribution in [0.3, 0.4) is 0 Å². The summed E-state index contributed by atoms with van der Waals surface area (Å²) in [7, 11) is 0. The molecule has 3 aliphatic heterocycles. The molecule has 4 aliphatic rings. The number of rotatable bonds is 8. The molecule has 3 fully saturated rings. The maximum absolute atomic E-state index is 14.0. The Balaban J connectivity index is 1.41. The van der Waals surface area contributed by atoms with E-state index < -0.39 is 29.6 Å². The van der Waals surface area contributed by atoms with Crippen molar-refractivity contribution in [3.8, 4) is 5.75 Å². The molecular formula is C29H39N3O5. The predicted molar refractivity (Wildman–Crippen MR) is 140 cm³/mol. The van der Waals surface area contributed by atoms with Crippen molar-refractivity contribution in [2.75, 3.05) is 11.9 Å². The number of hydrogen-bond acceptors (Lipinski definition) is 5. The van der Waals surface area contributed by atoms with E-state index in [9.17, 15) is 14.4 Å². The van der Waals surface area contributed by atoms with Crippen molar-refractivity contribution in [2.45, 2.75) is 89.6 Å². The summed E-state index contributed by atoms with van der Waals surface area (Å²) < 4.78 is 11.9. The zero-order valence-corrected chi connectivity index (χ0v) is 22.2. The second-order valence-corrected chi connectivity index (χ2v) is 11.0. The van der Waals surface area contributed by atoms with Crippen molar-refractivity contribution >= 4 is 23.4 Å². The summed E-state index contributed by atoms with van der Waals surface area (Å²) in [5.74, 6) is -0.950. The molecule has 8 atom stereocenters. The number of nitrogens with one attached hydrogen (secondary N) is 2. The maximum atomic E-state index is 14.0. The molecule has 2 bridgehead atoms. The fourth-order valence-corrected chi connectivity index (χ4v) is 6.70. The highest BCUT2D eigenvalue weighted by Crippen LogP contribution is 2.55. The van der Waals surface area contributed by atoms with E-state index in [1.807, 2.05) is 32.9 Å². The molecule has 3 amide bonds. The van der Waals surface area contributed by atoms with E-state index in [4.69, 9.17) is 9.47 Å². The quantitative estimate of drug-likeness (QED) is 0.522. The van der Waals surface area contributed by atoms with Gasteiger partial charge in [-0.2, -0.15) is 0 Å². The van der Waals surface area contributed by atoms with Crippen LogP contribution in [0.1, 0.15) is 59.8 Å². The fraction of sp³-hybridized carbons (Fsp3) is 0.621. The van der Waals surface area contributed by atoms with Crippen LogP contribution in [0, 0.1) is 17.8 Å². The first-order valence-electron chi connectivity index (χ1n) is 13.8. The van der Waals surface area contributed by atoms with Crippen LogP contribution in [0.4, 0.5) is 5.69 Å². The van der Waals surface area contributed by atoms with Crippen molar-refractivity contribution in [1.82, 2.24) is 10.2 Å². The third-order valence-corrected chi connectivity index (χ3v) is 8.80. The SMILES string of the molecule is CCOc1ccc(NC(=O)C2C3C=CC4(O3)C2C(=O)N(C(C)CC)C4C(=O)NC2CCCCC2C)cc1. The first kappa shape index (κ1) is 25.8. The third-order valence-electron chi connectivity index (χ3n) is 8.80. The van der Waals surface area contributed by atoms with Gasteiger partial charge in [-0.15, -0.1) is 0 Å². The Hall–Kier alpha value is -2.87. The number of likely N-dealkylation sites (tertiary alicyclic amines) is 1. The summed E-state index contributed by atoms with van der Waals surface area (Å²) in [5.41, 5.74) is -0.507. The van der Waals surface area contributed by atoms with E-state index in [2.05, 4.69) is 17.6 Å². The van der Waals surface area contributed by atoms with Crippen LogP contribution in [-0.4, -0.2) is 59.1 Å². The van der Waals surface area contributed by atoms with Gasteiger partial charge in [0.05, 0.1) is 24.5 Å². The van der Waals surface area contributed by atoms with E-state index in [-0.39, 0.29) is 29.8 Å². The van der Waals surface area contributed by atoms with Crippen LogP contribution in [0.2, 0.25) is 0 Å². The Morgan fingerprint density at radius 2 is 1.89 bits per heavy atom. The van der Waals surface area contributed by atoms with Gasteiger partial charge in [-0.05, 0) is 63.3 Å². The van der Waals surface area contributed by atoms with Gasteiger partial charge < -0.3 is 25.0 Å². The van der Waals surface area contributed by atoms with E-state index in [0.29, 0.717) is 24.6 Å². The summed E-state index contributed by atoms with van der Waals surface area (Å²) in [4.78, 5) is 43.1. The normalized spacial score (nSPS) is 34.8. The molecule has 1 aliphatic carbocycles. The average Bonchev–Trinajstić information content (AvgIpc) is 3.53. The standard InChI is InChI=1S/C29H39N3O5/c1-5-18(4)32-25(27(34)31-21-10-8-7-9-17(21)3)29-16-15-22(37-29)23(24(29)28(32)35)26(33)30-19-11-13-20(14-12-19)36-6-2/h11-18,21-25H,5-10H2,1-4H3,(H,30,33)(H,31,34). The van der Waals surface area contributed by atoms with Gasteiger partial charge in [0.1, 0.15) is 17.4 Å². The molecule has 8 nitrogen and oxygen atoms in total. The summed E-state index contributed by atoms with van der Waals surface area (Å²) in [6.07, 6.45) is 8.19. The minimum absolute atomic E-state index is 0.0897. The van der Waals surface area contributed by atoms with Gasteiger partial charge in [-0.25, -0.2) is 0 Å². The van der Waals surface area contributed by atoms with Crippen LogP contribution >= 0.6 is 0 Å². The molecule has 37 heavy (non-hydrogen) atoms. The predicted octanol–water partition coefficient (Wildman–Crippen LogP) is 3.67.